The van der Waals surface area contributed by atoms with E-state index in [9.17, 15) is 4.79 Å². The van der Waals surface area contributed by atoms with Gasteiger partial charge in [0.15, 0.2) is 0 Å². The Bertz CT molecular complexity index is 215. The topological polar surface area (TPSA) is 65.0 Å². The van der Waals surface area contributed by atoms with Gasteiger partial charge in [0.25, 0.3) is 0 Å². The Morgan fingerprint density at radius 1 is 1.00 bits per heavy atom. The summed E-state index contributed by atoms with van der Waals surface area (Å²) in [6, 6.07) is 0. The Morgan fingerprint density at radius 2 is 1.56 bits per heavy atom. The average molecular weight is 262 g/mol. The van der Waals surface area contributed by atoms with Crippen molar-refractivity contribution in [2.24, 2.45) is 5.41 Å². The maximum Gasteiger partial charge on any atom is 0.309 e. The quantitative estimate of drug-likeness (QED) is 0.545. The molecular formula is C13H26O5. The van der Waals surface area contributed by atoms with E-state index in [0.717, 1.165) is 12.8 Å². The van der Waals surface area contributed by atoms with Gasteiger partial charge >= 0.3 is 5.97 Å². The Labute approximate surface area is 109 Å². The number of carbonyl (C=O) groups is 1. The third kappa shape index (κ3) is 9.39. The molecule has 0 amide bonds. The Hall–Kier alpha value is -0.650. The summed E-state index contributed by atoms with van der Waals surface area (Å²) in [6.45, 7) is 6.57. The third-order valence-corrected chi connectivity index (χ3v) is 2.68. The van der Waals surface area contributed by atoms with Crippen molar-refractivity contribution in [2.45, 2.75) is 33.1 Å². The molecule has 0 saturated heterocycles. The molecule has 5 nitrogen and oxygen atoms in total. The minimum Gasteiger partial charge on any atom is -0.481 e. The van der Waals surface area contributed by atoms with Crippen LogP contribution in [0.4, 0.5) is 0 Å². The van der Waals surface area contributed by atoms with Gasteiger partial charge in [-0.15, -0.1) is 0 Å². The van der Waals surface area contributed by atoms with Crippen molar-refractivity contribution in [3.8, 4) is 0 Å². The molecular weight excluding hydrogens is 236 g/mol. The first-order chi connectivity index (χ1) is 8.50. The Morgan fingerprint density at radius 3 is 2.06 bits per heavy atom. The molecule has 0 aromatic carbocycles. The predicted octanol–water partition coefficient (Wildman–Crippen LogP) is 1.95. The van der Waals surface area contributed by atoms with Crippen LogP contribution in [0.2, 0.25) is 0 Å². The highest BCUT2D eigenvalue weighted by atomic mass is 16.5. The van der Waals surface area contributed by atoms with E-state index in [1.165, 1.54) is 0 Å². The molecule has 0 atom stereocenters. The average Bonchev–Trinajstić information content (AvgIpc) is 2.31. The number of hydrogen-bond donors (Lipinski definition) is 1. The van der Waals surface area contributed by atoms with E-state index in [4.69, 9.17) is 19.3 Å². The van der Waals surface area contributed by atoms with Gasteiger partial charge in [-0.1, -0.05) is 0 Å². The number of rotatable bonds is 12. The van der Waals surface area contributed by atoms with Gasteiger partial charge in [-0.25, -0.2) is 0 Å². The smallest absolute Gasteiger partial charge is 0.309 e. The highest BCUT2D eigenvalue weighted by molar-refractivity contribution is 5.73. The monoisotopic (exact) mass is 262 g/mol. The van der Waals surface area contributed by atoms with Gasteiger partial charge in [-0.2, -0.15) is 0 Å². The molecule has 108 valence electrons. The molecule has 0 aliphatic carbocycles. The van der Waals surface area contributed by atoms with Crippen LogP contribution in [-0.2, 0) is 19.0 Å². The summed E-state index contributed by atoms with van der Waals surface area (Å²) in [5.74, 6) is -0.760. The van der Waals surface area contributed by atoms with Crippen molar-refractivity contribution in [1.82, 2.24) is 0 Å². The minimum atomic E-state index is -0.760. The Balaban J connectivity index is 3.24. The predicted molar refractivity (Wildman–Crippen MR) is 68.8 cm³/mol. The van der Waals surface area contributed by atoms with Crippen LogP contribution >= 0.6 is 0 Å². The largest absolute Gasteiger partial charge is 0.481 e. The number of ether oxygens (including phenoxy) is 3. The number of hydrogen-bond acceptors (Lipinski definition) is 4. The van der Waals surface area contributed by atoms with Crippen LogP contribution in [0.25, 0.3) is 0 Å². The minimum absolute atomic E-state index is 0.556. The molecule has 18 heavy (non-hydrogen) atoms. The number of aliphatic carboxylic acids is 1. The van der Waals surface area contributed by atoms with E-state index in [1.807, 2.05) is 0 Å². The SMILES string of the molecule is COCCCOCCOCCCC(C)(C)C(=O)O. The van der Waals surface area contributed by atoms with Gasteiger partial charge in [-0.3, -0.25) is 4.79 Å². The first kappa shape index (κ1) is 17.4. The molecule has 0 spiro atoms. The first-order valence-electron chi connectivity index (χ1n) is 6.38. The second-order valence-corrected chi connectivity index (χ2v) is 4.86. The van der Waals surface area contributed by atoms with Crippen molar-refractivity contribution in [3.05, 3.63) is 0 Å². The van der Waals surface area contributed by atoms with Crippen molar-refractivity contribution in [1.29, 1.82) is 0 Å². The Kier molecular flexibility index (Phi) is 9.92. The zero-order chi connectivity index (χ0) is 13.9. The lowest BCUT2D eigenvalue weighted by molar-refractivity contribution is -0.147. The first-order valence-corrected chi connectivity index (χ1v) is 6.38. The molecule has 0 aromatic rings. The van der Waals surface area contributed by atoms with Gasteiger partial charge in [0.05, 0.1) is 18.6 Å². The molecule has 0 heterocycles. The summed E-state index contributed by atoms with van der Waals surface area (Å²) in [6.07, 6.45) is 2.27. The molecule has 0 bridgehead atoms. The summed E-state index contributed by atoms with van der Waals surface area (Å²) < 4.78 is 15.6. The van der Waals surface area contributed by atoms with E-state index >= 15 is 0 Å². The highest BCUT2D eigenvalue weighted by Crippen LogP contribution is 2.22. The lowest BCUT2D eigenvalue weighted by atomic mass is 9.88. The van der Waals surface area contributed by atoms with E-state index in [2.05, 4.69) is 0 Å². The van der Waals surface area contributed by atoms with Crippen LogP contribution in [0.1, 0.15) is 33.1 Å². The second-order valence-electron chi connectivity index (χ2n) is 4.86. The second kappa shape index (κ2) is 10.3. The summed E-state index contributed by atoms with van der Waals surface area (Å²) in [5.41, 5.74) is -0.667. The molecule has 0 aliphatic heterocycles. The molecule has 0 saturated carbocycles. The van der Waals surface area contributed by atoms with E-state index in [-0.39, 0.29) is 0 Å². The van der Waals surface area contributed by atoms with Gasteiger partial charge in [0, 0.05) is 26.9 Å². The maximum absolute atomic E-state index is 10.8. The van der Waals surface area contributed by atoms with Crippen LogP contribution in [0.3, 0.4) is 0 Å². The van der Waals surface area contributed by atoms with E-state index in [1.54, 1.807) is 21.0 Å². The van der Waals surface area contributed by atoms with Gasteiger partial charge in [0.2, 0.25) is 0 Å². The normalized spacial score (nSPS) is 11.7. The van der Waals surface area contributed by atoms with Crippen LogP contribution < -0.4 is 0 Å². The van der Waals surface area contributed by atoms with Crippen molar-refractivity contribution in [3.63, 3.8) is 0 Å². The fourth-order valence-corrected chi connectivity index (χ4v) is 1.35. The molecule has 0 aromatic heterocycles. The van der Waals surface area contributed by atoms with Gasteiger partial charge in [-0.05, 0) is 33.1 Å². The highest BCUT2D eigenvalue weighted by Gasteiger charge is 2.25. The summed E-state index contributed by atoms with van der Waals surface area (Å²) in [7, 11) is 1.67. The van der Waals surface area contributed by atoms with Crippen LogP contribution in [0, 0.1) is 5.41 Å². The number of methoxy groups -OCH3 is 1. The maximum atomic E-state index is 10.8. The molecule has 0 unspecified atom stereocenters. The van der Waals surface area contributed by atoms with Crippen molar-refractivity contribution >= 4 is 5.97 Å². The van der Waals surface area contributed by atoms with Crippen LogP contribution in [-0.4, -0.2) is 51.2 Å². The molecule has 0 fully saturated rings. The third-order valence-electron chi connectivity index (χ3n) is 2.68. The molecule has 0 radical (unpaired) electrons. The standard InChI is InChI=1S/C13H26O5/c1-13(2,12(14)15)6-4-8-17-10-11-18-9-5-7-16-3/h4-11H2,1-3H3,(H,14,15). The van der Waals surface area contributed by atoms with Crippen LogP contribution in [0.15, 0.2) is 0 Å². The van der Waals surface area contributed by atoms with E-state index < -0.39 is 11.4 Å². The summed E-state index contributed by atoms with van der Waals surface area (Å²) >= 11 is 0. The molecule has 1 N–H and O–H groups in total. The number of carboxylic acids is 1. The fraction of sp³-hybridized carbons (Fsp3) is 0.923. The zero-order valence-corrected chi connectivity index (χ0v) is 11.7. The molecule has 0 aliphatic rings. The molecule has 0 rings (SSSR count). The van der Waals surface area contributed by atoms with Crippen LogP contribution in [0.5, 0.6) is 0 Å². The summed E-state index contributed by atoms with van der Waals surface area (Å²) in [4.78, 5) is 10.8. The lowest BCUT2D eigenvalue weighted by Crippen LogP contribution is -2.24. The fourth-order valence-electron chi connectivity index (χ4n) is 1.35. The van der Waals surface area contributed by atoms with Crippen molar-refractivity contribution in [2.75, 3.05) is 40.1 Å². The van der Waals surface area contributed by atoms with Gasteiger partial charge < -0.3 is 19.3 Å². The summed E-state index contributed by atoms with van der Waals surface area (Å²) in [5, 5.41) is 8.91. The van der Waals surface area contributed by atoms with E-state index in [0.29, 0.717) is 39.5 Å². The van der Waals surface area contributed by atoms with Gasteiger partial charge in [0.1, 0.15) is 0 Å². The number of carboxylic acid groups (broad SMARTS) is 1. The lowest BCUT2D eigenvalue weighted by Gasteiger charge is -2.18. The zero-order valence-electron chi connectivity index (χ0n) is 11.7. The molecule has 5 heteroatoms. The van der Waals surface area contributed by atoms with Crippen molar-refractivity contribution < 1.29 is 24.1 Å².